The van der Waals surface area contributed by atoms with E-state index < -0.39 is 30.2 Å². The minimum Gasteiger partial charge on any atom is -0.464 e. The van der Waals surface area contributed by atoms with Crippen LogP contribution >= 0.6 is 0 Å². The van der Waals surface area contributed by atoms with Gasteiger partial charge in [0, 0.05) is 0 Å². The summed E-state index contributed by atoms with van der Waals surface area (Å²) in [4.78, 5) is 36.4. The van der Waals surface area contributed by atoms with E-state index >= 15 is 0 Å². The minimum absolute atomic E-state index is 0.111. The first-order valence-corrected chi connectivity index (χ1v) is 7.24. The molecule has 1 aliphatic rings. The molecule has 124 valence electrons. The molecular formula is C14H22N2O6. The second-order valence-corrected chi connectivity index (χ2v) is 4.41. The number of amides is 2. The number of ether oxygens (including phenoxy) is 3. The van der Waals surface area contributed by atoms with E-state index in [2.05, 4.69) is 0 Å². The molecule has 0 radical (unpaired) electrons. The number of rotatable bonds is 4. The fourth-order valence-electron chi connectivity index (χ4n) is 2.00. The van der Waals surface area contributed by atoms with E-state index in [0.29, 0.717) is 0 Å². The van der Waals surface area contributed by atoms with E-state index in [1.807, 2.05) is 0 Å². The van der Waals surface area contributed by atoms with Gasteiger partial charge in [0.2, 0.25) is 0 Å². The molecule has 0 aromatic heterocycles. The Kier molecular flexibility index (Phi) is 6.68. The second-order valence-electron chi connectivity index (χ2n) is 4.41. The topological polar surface area (TPSA) is 85.4 Å². The summed E-state index contributed by atoms with van der Waals surface area (Å²) in [5, 5.41) is 1.99. The molecule has 0 aliphatic carbocycles. The van der Waals surface area contributed by atoms with Crippen molar-refractivity contribution in [1.29, 1.82) is 0 Å². The average molecular weight is 314 g/mol. The number of hydrogen-bond donors (Lipinski definition) is 0. The summed E-state index contributed by atoms with van der Waals surface area (Å²) in [7, 11) is 0. The van der Waals surface area contributed by atoms with Crippen molar-refractivity contribution in [2.24, 2.45) is 0 Å². The predicted molar refractivity (Wildman–Crippen MR) is 76.7 cm³/mol. The monoisotopic (exact) mass is 314 g/mol. The summed E-state index contributed by atoms with van der Waals surface area (Å²) in [6.07, 6.45) is 1.59. The van der Waals surface area contributed by atoms with Crippen molar-refractivity contribution in [3.05, 3.63) is 12.2 Å². The fraction of sp³-hybridized carbons (Fsp3) is 0.643. The predicted octanol–water partition coefficient (Wildman–Crippen LogP) is 1.71. The third-order valence-corrected chi connectivity index (χ3v) is 2.89. The molecule has 0 spiro atoms. The van der Waals surface area contributed by atoms with Crippen molar-refractivity contribution in [1.82, 2.24) is 10.0 Å². The normalized spacial score (nSPS) is 20.5. The van der Waals surface area contributed by atoms with Crippen LogP contribution in [0.5, 0.6) is 0 Å². The molecule has 0 N–H and O–H groups in total. The molecule has 0 fully saturated rings. The zero-order valence-corrected chi connectivity index (χ0v) is 13.3. The van der Waals surface area contributed by atoms with E-state index in [9.17, 15) is 14.4 Å². The summed E-state index contributed by atoms with van der Waals surface area (Å²) in [6.45, 7) is 7.06. The molecule has 1 aliphatic heterocycles. The van der Waals surface area contributed by atoms with Gasteiger partial charge in [0.1, 0.15) is 0 Å². The Hall–Kier alpha value is -2.25. The van der Waals surface area contributed by atoms with Gasteiger partial charge in [-0.05, 0) is 27.7 Å². The van der Waals surface area contributed by atoms with E-state index in [4.69, 9.17) is 14.2 Å². The number of carbonyl (C=O) groups is 3. The van der Waals surface area contributed by atoms with Crippen LogP contribution in [0, 0.1) is 0 Å². The Morgan fingerprint density at radius 1 is 0.864 bits per heavy atom. The van der Waals surface area contributed by atoms with Crippen LogP contribution in [-0.4, -0.2) is 60.1 Å². The maximum atomic E-state index is 12.2. The van der Waals surface area contributed by atoms with Gasteiger partial charge < -0.3 is 14.2 Å². The van der Waals surface area contributed by atoms with Crippen molar-refractivity contribution in [3.63, 3.8) is 0 Å². The Morgan fingerprint density at radius 3 is 1.86 bits per heavy atom. The van der Waals surface area contributed by atoms with Crippen LogP contribution < -0.4 is 0 Å². The minimum atomic E-state index is -1.07. The van der Waals surface area contributed by atoms with Crippen LogP contribution in [0.25, 0.3) is 0 Å². The molecule has 8 heteroatoms. The average Bonchev–Trinajstić information content (AvgIpc) is 2.47. The Balaban J connectivity index is 3.15. The first kappa shape index (κ1) is 17.8. The number of nitrogens with zero attached hydrogens (tertiary/aromatic N) is 2. The molecule has 0 unspecified atom stereocenters. The highest BCUT2D eigenvalue weighted by molar-refractivity contribution is 5.85. The number of hydrazine groups is 1. The molecular weight excluding hydrogens is 292 g/mol. The summed E-state index contributed by atoms with van der Waals surface area (Å²) in [6, 6.07) is -1.53. The summed E-state index contributed by atoms with van der Waals surface area (Å²) >= 11 is 0. The summed E-state index contributed by atoms with van der Waals surface area (Å²) < 4.78 is 14.8. The molecule has 0 aromatic rings. The lowest BCUT2D eigenvalue weighted by atomic mass is 10.1. The van der Waals surface area contributed by atoms with Crippen molar-refractivity contribution in [3.8, 4) is 0 Å². The maximum absolute atomic E-state index is 12.2. The smallest absolute Gasteiger partial charge is 0.430 e. The van der Waals surface area contributed by atoms with Crippen LogP contribution in [0.3, 0.4) is 0 Å². The molecule has 1 heterocycles. The zero-order chi connectivity index (χ0) is 16.7. The number of hydrogen-bond acceptors (Lipinski definition) is 6. The molecule has 2 amide bonds. The van der Waals surface area contributed by atoms with Crippen molar-refractivity contribution < 1.29 is 28.6 Å². The van der Waals surface area contributed by atoms with E-state index in [1.165, 1.54) is 6.08 Å². The van der Waals surface area contributed by atoms with E-state index in [-0.39, 0.29) is 19.8 Å². The Bertz CT molecular complexity index is 451. The van der Waals surface area contributed by atoms with Gasteiger partial charge in [0.25, 0.3) is 0 Å². The van der Waals surface area contributed by atoms with Crippen LogP contribution in [0.1, 0.15) is 27.7 Å². The van der Waals surface area contributed by atoms with Gasteiger partial charge in [0.15, 0.2) is 6.04 Å². The van der Waals surface area contributed by atoms with Gasteiger partial charge >= 0.3 is 18.2 Å². The quantitative estimate of drug-likeness (QED) is 0.446. The number of esters is 1. The Labute approximate surface area is 129 Å². The first-order chi connectivity index (χ1) is 10.5. The van der Waals surface area contributed by atoms with Gasteiger partial charge in [-0.2, -0.15) is 5.01 Å². The van der Waals surface area contributed by atoms with Crippen LogP contribution in [0.2, 0.25) is 0 Å². The van der Waals surface area contributed by atoms with Gasteiger partial charge in [-0.25, -0.2) is 19.4 Å². The van der Waals surface area contributed by atoms with Crippen molar-refractivity contribution in [2.45, 2.75) is 39.8 Å². The van der Waals surface area contributed by atoms with Crippen molar-refractivity contribution in [2.75, 3.05) is 19.8 Å². The second kappa shape index (κ2) is 8.26. The fourth-order valence-corrected chi connectivity index (χ4v) is 2.00. The van der Waals surface area contributed by atoms with E-state index in [0.717, 1.165) is 10.0 Å². The third-order valence-electron chi connectivity index (χ3n) is 2.89. The highest BCUT2D eigenvalue weighted by Crippen LogP contribution is 2.21. The first-order valence-electron chi connectivity index (χ1n) is 7.24. The van der Waals surface area contributed by atoms with Crippen LogP contribution in [0.4, 0.5) is 9.59 Å². The van der Waals surface area contributed by atoms with Gasteiger partial charge in [-0.3, -0.25) is 0 Å². The third kappa shape index (κ3) is 3.90. The molecule has 22 heavy (non-hydrogen) atoms. The van der Waals surface area contributed by atoms with E-state index in [1.54, 1.807) is 33.8 Å². The summed E-state index contributed by atoms with van der Waals surface area (Å²) in [5.74, 6) is -0.645. The largest absolute Gasteiger partial charge is 0.464 e. The number of carbonyl (C=O) groups excluding carboxylic acids is 3. The molecule has 0 saturated carbocycles. The molecule has 0 saturated heterocycles. The molecule has 1 rings (SSSR count). The van der Waals surface area contributed by atoms with Gasteiger partial charge in [0.05, 0.1) is 25.9 Å². The van der Waals surface area contributed by atoms with Gasteiger partial charge in [-0.1, -0.05) is 12.2 Å². The summed E-state index contributed by atoms with van der Waals surface area (Å²) in [5.41, 5.74) is 0. The molecule has 0 aromatic carbocycles. The van der Waals surface area contributed by atoms with Crippen molar-refractivity contribution >= 4 is 18.2 Å². The maximum Gasteiger partial charge on any atom is 0.430 e. The molecule has 0 bridgehead atoms. The molecule has 8 nitrogen and oxygen atoms in total. The Morgan fingerprint density at radius 2 is 1.36 bits per heavy atom. The lowest BCUT2D eigenvalue weighted by molar-refractivity contribution is -0.154. The lowest BCUT2D eigenvalue weighted by Gasteiger charge is -2.41. The molecule has 2 atom stereocenters. The highest BCUT2D eigenvalue weighted by Gasteiger charge is 2.42. The lowest BCUT2D eigenvalue weighted by Crippen LogP contribution is -2.61. The zero-order valence-electron chi connectivity index (χ0n) is 13.3. The van der Waals surface area contributed by atoms with Crippen LogP contribution in [-0.2, 0) is 19.0 Å². The SMILES string of the molecule is CCOC(=O)[C@@H]1C=C[C@H](C)N(C(=O)OCC)N1C(=O)OCC. The van der Waals surface area contributed by atoms with Gasteiger partial charge in [-0.15, -0.1) is 0 Å². The van der Waals surface area contributed by atoms with Crippen LogP contribution in [0.15, 0.2) is 12.2 Å². The standard InChI is InChI=1S/C14H22N2O6/c1-5-20-12(17)11-9-8-10(4)15(13(18)21-6-2)16(11)14(19)22-7-3/h8-11H,5-7H2,1-4H3/t10-,11-/m0/s1. The highest BCUT2D eigenvalue weighted by atomic mass is 16.6.